The molecule has 3 rings (SSSR count). The molecule has 118 valence electrons. The Bertz CT molecular complexity index is 905. The Kier molecular flexibility index (Phi) is 4.18. The van der Waals surface area contributed by atoms with Crippen LogP contribution >= 0.6 is 0 Å². The molecule has 23 heavy (non-hydrogen) atoms. The average molecular weight is 309 g/mol. The molecule has 0 fully saturated rings. The van der Waals surface area contributed by atoms with Crippen LogP contribution in [0.3, 0.4) is 0 Å². The van der Waals surface area contributed by atoms with Crippen molar-refractivity contribution in [1.82, 2.24) is 4.98 Å². The fourth-order valence-electron chi connectivity index (χ4n) is 3.17. The molecule has 2 heterocycles. The van der Waals surface area contributed by atoms with E-state index in [2.05, 4.69) is 27.7 Å². The molecular formula is C18H21N4O+. The van der Waals surface area contributed by atoms with Gasteiger partial charge in [-0.3, -0.25) is 4.98 Å². The molecule has 0 aliphatic carbocycles. The summed E-state index contributed by atoms with van der Waals surface area (Å²) in [4.78, 5) is 3.37. The number of aliphatic hydroxyl groups excluding tert-OH is 1. The van der Waals surface area contributed by atoms with E-state index in [9.17, 15) is 5.26 Å². The van der Waals surface area contributed by atoms with E-state index >= 15 is 0 Å². The van der Waals surface area contributed by atoms with Gasteiger partial charge in [-0.15, -0.1) is 0 Å². The van der Waals surface area contributed by atoms with Crippen molar-refractivity contribution in [1.29, 1.82) is 5.26 Å². The van der Waals surface area contributed by atoms with Crippen LogP contribution in [0.25, 0.3) is 16.7 Å². The molecule has 0 atom stereocenters. The number of benzene rings is 1. The minimum Gasteiger partial charge on any atom is -0.396 e. The molecule has 5 nitrogen and oxygen atoms in total. The van der Waals surface area contributed by atoms with Gasteiger partial charge in [-0.05, 0) is 31.0 Å². The van der Waals surface area contributed by atoms with Gasteiger partial charge in [0.2, 0.25) is 11.5 Å². The fourth-order valence-corrected chi connectivity index (χ4v) is 3.17. The van der Waals surface area contributed by atoms with E-state index in [0.717, 1.165) is 40.0 Å². The smallest absolute Gasteiger partial charge is 0.250 e. The highest BCUT2D eigenvalue weighted by Gasteiger charge is 2.24. The second kappa shape index (κ2) is 6.27. The van der Waals surface area contributed by atoms with Crippen molar-refractivity contribution in [2.24, 2.45) is 0 Å². The van der Waals surface area contributed by atoms with Crippen LogP contribution in [-0.4, -0.2) is 23.2 Å². The van der Waals surface area contributed by atoms with Crippen LogP contribution in [0.15, 0.2) is 24.3 Å². The maximum atomic E-state index is 9.63. The molecule has 0 saturated heterocycles. The molecule has 0 saturated carbocycles. The quantitative estimate of drug-likeness (QED) is 0.500. The van der Waals surface area contributed by atoms with Crippen LogP contribution < -0.4 is 9.72 Å². The minimum absolute atomic E-state index is 0.158. The molecule has 2 aromatic heterocycles. The van der Waals surface area contributed by atoms with Gasteiger partial charge in [-0.25, -0.2) is 0 Å². The number of pyridine rings is 1. The number of hydrogen-bond donors (Lipinski definition) is 3. The Labute approximate surface area is 135 Å². The third kappa shape index (κ3) is 2.41. The first kappa shape index (κ1) is 15.3. The first-order chi connectivity index (χ1) is 11.2. The molecule has 0 unspecified atom stereocenters. The van der Waals surface area contributed by atoms with Gasteiger partial charge < -0.3 is 10.4 Å². The first-order valence-corrected chi connectivity index (χ1v) is 7.95. The molecule has 0 aliphatic rings. The molecule has 0 spiro atoms. The summed E-state index contributed by atoms with van der Waals surface area (Å²) in [5, 5.41) is 22.1. The molecule has 3 aromatic rings. The van der Waals surface area contributed by atoms with E-state index in [1.165, 1.54) is 0 Å². The molecule has 0 aliphatic heterocycles. The molecule has 0 bridgehead atoms. The highest BCUT2D eigenvalue weighted by Crippen LogP contribution is 2.25. The van der Waals surface area contributed by atoms with Gasteiger partial charge in [0.25, 0.3) is 0 Å². The van der Waals surface area contributed by atoms with Gasteiger partial charge >= 0.3 is 0 Å². The summed E-state index contributed by atoms with van der Waals surface area (Å²) in [7, 11) is 0. The lowest BCUT2D eigenvalue weighted by Gasteiger charge is -2.12. The summed E-state index contributed by atoms with van der Waals surface area (Å²) in [5.74, 6) is 1.00. The van der Waals surface area contributed by atoms with Crippen molar-refractivity contribution in [3.63, 3.8) is 0 Å². The van der Waals surface area contributed by atoms with E-state index < -0.39 is 0 Å². The number of anilines is 1. The summed E-state index contributed by atoms with van der Waals surface area (Å²) in [6.45, 7) is 4.95. The zero-order valence-corrected chi connectivity index (χ0v) is 13.5. The number of nitrogens with one attached hydrogen (secondary N) is 2. The lowest BCUT2D eigenvalue weighted by Crippen LogP contribution is -2.30. The van der Waals surface area contributed by atoms with Crippen LogP contribution in [0.2, 0.25) is 0 Å². The topological polar surface area (TPSA) is 75.9 Å². The maximum Gasteiger partial charge on any atom is 0.250 e. The van der Waals surface area contributed by atoms with Crippen molar-refractivity contribution in [3.8, 4) is 6.07 Å². The Morgan fingerprint density at radius 3 is 2.83 bits per heavy atom. The maximum absolute atomic E-state index is 9.63. The molecule has 0 amide bonds. The van der Waals surface area contributed by atoms with Gasteiger partial charge in [-0.1, -0.05) is 19.1 Å². The van der Waals surface area contributed by atoms with Crippen molar-refractivity contribution < 1.29 is 9.51 Å². The number of nitrogens with zero attached hydrogens (tertiary/aromatic N) is 2. The summed E-state index contributed by atoms with van der Waals surface area (Å²) in [6, 6.07) is 10.4. The van der Waals surface area contributed by atoms with Gasteiger partial charge in [-0.2, -0.15) is 9.66 Å². The zero-order chi connectivity index (χ0) is 16.4. The van der Waals surface area contributed by atoms with E-state index in [-0.39, 0.29) is 6.61 Å². The van der Waals surface area contributed by atoms with E-state index in [0.29, 0.717) is 18.5 Å². The third-order valence-corrected chi connectivity index (χ3v) is 4.29. The lowest BCUT2D eigenvalue weighted by atomic mass is 10.0. The predicted molar refractivity (Wildman–Crippen MR) is 90.5 cm³/mol. The SMILES string of the molecule is CCc1c(C)c(C#N)c2[nH]c3ccccc3[n+]2c1NCCCO. The Morgan fingerprint density at radius 2 is 2.13 bits per heavy atom. The summed E-state index contributed by atoms with van der Waals surface area (Å²) >= 11 is 0. The molecule has 5 heteroatoms. The van der Waals surface area contributed by atoms with Gasteiger partial charge in [0.1, 0.15) is 22.7 Å². The predicted octanol–water partition coefficient (Wildman–Crippen LogP) is 2.44. The van der Waals surface area contributed by atoms with E-state index in [1.54, 1.807) is 0 Å². The highest BCUT2D eigenvalue weighted by molar-refractivity contribution is 5.78. The van der Waals surface area contributed by atoms with Crippen LogP contribution in [0.5, 0.6) is 0 Å². The molecule has 1 aromatic carbocycles. The fraction of sp³-hybridized carbons (Fsp3) is 0.333. The summed E-state index contributed by atoms with van der Waals surface area (Å²) in [6.07, 6.45) is 1.52. The first-order valence-electron chi connectivity index (χ1n) is 7.95. The van der Waals surface area contributed by atoms with E-state index in [1.807, 2.05) is 31.2 Å². The highest BCUT2D eigenvalue weighted by atomic mass is 16.3. The third-order valence-electron chi connectivity index (χ3n) is 4.29. The Balaban J connectivity index is 2.39. The summed E-state index contributed by atoms with van der Waals surface area (Å²) in [5.41, 5.74) is 5.69. The number of nitriles is 1. The van der Waals surface area contributed by atoms with Crippen LogP contribution in [0.1, 0.15) is 30.0 Å². The average Bonchev–Trinajstić information content (AvgIpc) is 2.94. The van der Waals surface area contributed by atoms with Gasteiger partial charge in [0.05, 0.1) is 6.54 Å². The van der Waals surface area contributed by atoms with Crippen molar-refractivity contribution in [2.75, 3.05) is 18.5 Å². The number of aromatic nitrogens is 2. The van der Waals surface area contributed by atoms with Crippen molar-refractivity contribution in [2.45, 2.75) is 26.7 Å². The van der Waals surface area contributed by atoms with Crippen molar-refractivity contribution in [3.05, 3.63) is 41.0 Å². The molecule has 0 radical (unpaired) electrons. The number of fused-ring (bicyclic) bond motifs is 3. The Hall–Kier alpha value is -2.58. The number of para-hydroxylation sites is 2. The van der Waals surface area contributed by atoms with Gasteiger partial charge in [0.15, 0.2) is 0 Å². The standard InChI is InChI=1S/C18H20N4O/c1-3-13-12(2)14(11-19)18-21-15-7-4-5-8-16(15)22(18)17(13)20-9-6-10-23/h4-5,7-8,23H,3,6,9-10H2,1-2H3,(H,20,21)/p+1. The number of hydrogen-bond acceptors (Lipinski definition) is 3. The molecular weight excluding hydrogens is 288 g/mol. The number of H-pyrrole nitrogens is 1. The zero-order valence-electron chi connectivity index (χ0n) is 13.5. The normalized spacial score (nSPS) is 11.0. The van der Waals surface area contributed by atoms with Gasteiger partial charge in [0, 0.05) is 18.6 Å². The number of aliphatic hydroxyl groups is 1. The summed E-state index contributed by atoms with van der Waals surface area (Å²) < 4.78 is 2.09. The number of imidazole rings is 1. The monoisotopic (exact) mass is 309 g/mol. The largest absolute Gasteiger partial charge is 0.396 e. The minimum atomic E-state index is 0.158. The second-order valence-electron chi connectivity index (χ2n) is 5.62. The van der Waals surface area contributed by atoms with Crippen LogP contribution in [0, 0.1) is 18.3 Å². The number of aromatic amines is 1. The van der Waals surface area contributed by atoms with Crippen molar-refractivity contribution >= 4 is 22.5 Å². The van der Waals surface area contributed by atoms with Crippen LogP contribution in [0.4, 0.5) is 5.82 Å². The second-order valence-corrected chi connectivity index (χ2v) is 5.62. The van der Waals surface area contributed by atoms with E-state index in [4.69, 9.17) is 5.11 Å². The number of rotatable bonds is 5. The Morgan fingerprint density at radius 1 is 1.35 bits per heavy atom. The lowest BCUT2D eigenvalue weighted by molar-refractivity contribution is -0.465. The molecule has 3 N–H and O–H groups in total. The van der Waals surface area contributed by atoms with Crippen LogP contribution in [-0.2, 0) is 6.42 Å².